The summed E-state index contributed by atoms with van der Waals surface area (Å²) < 4.78 is 20.6. The molecule has 2 N–H and O–H groups in total. The molecule has 1 amide bonds. The number of phenols is 1. The fourth-order valence-electron chi connectivity index (χ4n) is 3.05. The number of phenolic OH excluding ortho intramolecular Hbond substituents is 1. The molecule has 0 spiro atoms. The maximum atomic E-state index is 12.3. The molecule has 3 rings (SSSR count). The van der Waals surface area contributed by atoms with Crippen LogP contribution in [0, 0.1) is 0 Å². The van der Waals surface area contributed by atoms with E-state index in [9.17, 15) is 24.3 Å². The number of carbonyl (C=O) groups excluding carboxylic acids is 3. The summed E-state index contributed by atoms with van der Waals surface area (Å²) in [6.45, 7) is 3.69. The van der Waals surface area contributed by atoms with Crippen molar-refractivity contribution in [2.45, 2.75) is 20.3 Å². The van der Waals surface area contributed by atoms with Gasteiger partial charge in [0.05, 0.1) is 19.8 Å². The Morgan fingerprint density at radius 1 is 1.00 bits per heavy atom. The normalized spacial score (nSPS) is 10.5. The molecule has 0 bridgehead atoms. The molecule has 0 aliphatic rings. The smallest absolute Gasteiger partial charge is 0.397 e. The number of anilines is 1. The lowest BCUT2D eigenvalue weighted by molar-refractivity contribution is -0.152. The lowest BCUT2D eigenvalue weighted by Crippen LogP contribution is -2.24. The third kappa shape index (κ3) is 5.91. The quantitative estimate of drug-likeness (QED) is 0.376. The number of benzene rings is 2. The second kappa shape index (κ2) is 11.0. The van der Waals surface area contributed by atoms with E-state index in [1.54, 1.807) is 38.1 Å². The first-order chi connectivity index (χ1) is 16.3. The second-order valence-corrected chi connectivity index (χ2v) is 6.98. The number of aromatic hydroxyl groups is 1. The number of amides is 1. The molecule has 178 valence electrons. The van der Waals surface area contributed by atoms with Crippen LogP contribution in [0.4, 0.5) is 5.69 Å². The first kappa shape index (κ1) is 24.3. The molecular weight excluding hydrogens is 446 g/mol. The summed E-state index contributed by atoms with van der Waals surface area (Å²) in [6.07, 6.45) is 0.484. The molecule has 0 aliphatic carbocycles. The van der Waals surface area contributed by atoms with Gasteiger partial charge in [0.15, 0.2) is 5.43 Å². The van der Waals surface area contributed by atoms with Crippen molar-refractivity contribution in [2.24, 2.45) is 0 Å². The Bertz CT molecular complexity index is 1260. The van der Waals surface area contributed by atoms with Crippen molar-refractivity contribution in [3.05, 3.63) is 64.0 Å². The van der Waals surface area contributed by atoms with Crippen LogP contribution in [0.5, 0.6) is 11.5 Å². The number of fused-ring (bicyclic) bond motifs is 1. The summed E-state index contributed by atoms with van der Waals surface area (Å²) in [5.41, 5.74) is 0.737. The molecule has 10 heteroatoms. The zero-order valence-corrected chi connectivity index (χ0v) is 18.6. The summed E-state index contributed by atoms with van der Waals surface area (Å²) >= 11 is 0. The Morgan fingerprint density at radius 3 is 2.38 bits per heavy atom. The fraction of sp³-hybridized carbons (Fsp3) is 0.250. The molecule has 0 radical (unpaired) electrons. The highest BCUT2D eigenvalue weighted by atomic mass is 16.5. The predicted molar refractivity (Wildman–Crippen MR) is 121 cm³/mol. The molecule has 0 aliphatic heterocycles. The van der Waals surface area contributed by atoms with E-state index < -0.39 is 23.3 Å². The van der Waals surface area contributed by atoms with Gasteiger partial charge in [-0.25, -0.2) is 9.59 Å². The fourth-order valence-corrected chi connectivity index (χ4v) is 3.05. The summed E-state index contributed by atoms with van der Waals surface area (Å²) in [4.78, 5) is 47.2. The van der Waals surface area contributed by atoms with Gasteiger partial charge in [0, 0.05) is 30.3 Å². The Morgan fingerprint density at radius 2 is 1.71 bits per heavy atom. The number of esters is 2. The van der Waals surface area contributed by atoms with Crippen molar-refractivity contribution in [3.8, 4) is 11.5 Å². The van der Waals surface area contributed by atoms with Gasteiger partial charge in [-0.2, -0.15) is 0 Å². The lowest BCUT2D eigenvalue weighted by atomic mass is 10.1. The number of nitrogens with one attached hydrogen (secondary N) is 1. The van der Waals surface area contributed by atoms with Crippen LogP contribution < -0.4 is 15.5 Å². The highest BCUT2D eigenvalue weighted by Crippen LogP contribution is 2.29. The van der Waals surface area contributed by atoms with Gasteiger partial charge in [-0.15, -0.1) is 0 Å². The van der Waals surface area contributed by atoms with E-state index in [1.807, 2.05) is 0 Å². The van der Waals surface area contributed by atoms with E-state index in [2.05, 4.69) is 10.1 Å². The van der Waals surface area contributed by atoms with E-state index in [-0.39, 0.29) is 48.0 Å². The molecule has 34 heavy (non-hydrogen) atoms. The first-order valence-electron chi connectivity index (χ1n) is 10.5. The van der Waals surface area contributed by atoms with E-state index in [4.69, 9.17) is 13.9 Å². The van der Waals surface area contributed by atoms with Gasteiger partial charge < -0.3 is 29.1 Å². The van der Waals surface area contributed by atoms with Gasteiger partial charge in [0.2, 0.25) is 5.76 Å². The van der Waals surface area contributed by atoms with Gasteiger partial charge in [0.1, 0.15) is 22.5 Å². The highest BCUT2D eigenvalue weighted by molar-refractivity contribution is 6.37. The average molecular weight is 469 g/mol. The van der Waals surface area contributed by atoms with Crippen LogP contribution in [-0.4, -0.2) is 42.8 Å². The van der Waals surface area contributed by atoms with Crippen molar-refractivity contribution >= 4 is 34.5 Å². The SMILES string of the molecule is CCOC(=O)C(=O)Nc1ccc(CCOc2cc(O)c3c(=O)cc(C(=O)OCC)oc3c2)cc1. The average Bonchev–Trinajstić information content (AvgIpc) is 2.80. The lowest BCUT2D eigenvalue weighted by Gasteiger charge is -2.10. The molecular formula is C24H23NO9. The maximum absolute atomic E-state index is 12.3. The standard InChI is InChI=1S/C24H23NO9/c1-3-31-23(29)20-13-18(27)21-17(26)11-16(12-19(21)34-20)33-10-9-14-5-7-15(8-6-14)25-22(28)24(30)32-4-2/h5-8,11-13,26H,3-4,9-10H2,1-2H3,(H,25,28). The Balaban J connectivity index is 1.65. The topological polar surface area (TPSA) is 141 Å². The van der Waals surface area contributed by atoms with Crippen molar-refractivity contribution in [1.29, 1.82) is 0 Å². The van der Waals surface area contributed by atoms with Gasteiger partial charge in [0.25, 0.3) is 0 Å². The monoisotopic (exact) mass is 469 g/mol. The molecule has 0 atom stereocenters. The van der Waals surface area contributed by atoms with Gasteiger partial charge in [-0.1, -0.05) is 12.1 Å². The predicted octanol–water partition coefficient (Wildman–Crippen LogP) is 2.80. The van der Waals surface area contributed by atoms with Crippen molar-refractivity contribution in [2.75, 3.05) is 25.1 Å². The van der Waals surface area contributed by atoms with E-state index in [0.717, 1.165) is 11.6 Å². The molecule has 0 fully saturated rings. The van der Waals surface area contributed by atoms with Crippen LogP contribution in [0.3, 0.4) is 0 Å². The molecule has 3 aromatic rings. The molecule has 2 aromatic carbocycles. The maximum Gasteiger partial charge on any atom is 0.397 e. The van der Waals surface area contributed by atoms with E-state index in [0.29, 0.717) is 12.1 Å². The third-order valence-corrected chi connectivity index (χ3v) is 4.59. The summed E-state index contributed by atoms with van der Waals surface area (Å²) in [5, 5.41) is 12.6. The van der Waals surface area contributed by atoms with Crippen molar-refractivity contribution < 1.29 is 38.1 Å². The Kier molecular flexibility index (Phi) is 7.86. The molecule has 0 saturated carbocycles. The number of carbonyl (C=O) groups is 3. The van der Waals surface area contributed by atoms with Crippen molar-refractivity contribution in [1.82, 2.24) is 0 Å². The molecule has 0 unspecified atom stereocenters. The minimum absolute atomic E-state index is 0.00718. The summed E-state index contributed by atoms with van der Waals surface area (Å²) in [5.74, 6) is -2.96. The largest absolute Gasteiger partial charge is 0.507 e. The molecule has 1 heterocycles. The third-order valence-electron chi connectivity index (χ3n) is 4.59. The number of hydrogen-bond donors (Lipinski definition) is 2. The van der Waals surface area contributed by atoms with Gasteiger partial charge in [-0.3, -0.25) is 9.59 Å². The minimum atomic E-state index is -0.955. The second-order valence-electron chi connectivity index (χ2n) is 6.98. The first-order valence-corrected chi connectivity index (χ1v) is 10.5. The van der Waals surface area contributed by atoms with E-state index >= 15 is 0 Å². The highest BCUT2D eigenvalue weighted by Gasteiger charge is 2.17. The molecule has 1 aromatic heterocycles. The van der Waals surface area contributed by atoms with Gasteiger partial charge in [-0.05, 0) is 31.5 Å². The zero-order valence-electron chi connectivity index (χ0n) is 18.6. The summed E-state index contributed by atoms with van der Waals surface area (Å²) in [6, 6.07) is 10.5. The van der Waals surface area contributed by atoms with Gasteiger partial charge >= 0.3 is 17.8 Å². The van der Waals surface area contributed by atoms with Crippen LogP contribution >= 0.6 is 0 Å². The van der Waals surface area contributed by atoms with Crippen LogP contribution in [0.15, 0.2) is 51.7 Å². The van der Waals surface area contributed by atoms with Crippen molar-refractivity contribution in [3.63, 3.8) is 0 Å². The molecule has 0 saturated heterocycles. The minimum Gasteiger partial charge on any atom is -0.507 e. The number of hydrogen-bond acceptors (Lipinski definition) is 9. The van der Waals surface area contributed by atoms with Crippen LogP contribution in [0.25, 0.3) is 11.0 Å². The number of rotatable bonds is 8. The molecule has 10 nitrogen and oxygen atoms in total. The number of ether oxygens (including phenoxy) is 3. The zero-order chi connectivity index (χ0) is 24.7. The van der Waals surface area contributed by atoms with Crippen LogP contribution in [-0.2, 0) is 25.5 Å². The Hall–Kier alpha value is -4.34. The summed E-state index contributed by atoms with van der Waals surface area (Å²) in [7, 11) is 0. The van der Waals surface area contributed by atoms with Crippen LogP contribution in [0.2, 0.25) is 0 Å². The van der Waals surface area contributed by atoms with E-state index in [1.165, 1.54) is 12.1 Å². The van der Waals surface area contributed by atoms with Crippen LogP contribution in [0.1, 0.15) is 30.0 Å². The Labute approximate surface area is 194 Å².